The van der Waals surface area contributed by atoms with Crippen molar-refractivity contribution in [2.75, 3.05) is 11.4 Å². The average Bonchev–Trinajstić information content (AvgIpc) is 3.23. The van der Waals surface area contributed by atoms with Gasteiger partial charge < -0.3 is 9.42 Å². The zero-order chi connectivity index (χ0) is 17.4. The van der Waals surface area contributed by atoms with E-state index in [9.17, 15) is 4.79 Å². The van der Waals surface area contributed by atoms with E-state index in [0.717, 1.165) is 16.8 Å². The Morgan fingerprint density at radius 2 is 1.92 bits per heavy atom. The van der Waals surface area contributed by atoms with Crippen LogP contribution in [0.3, 0.4) is 0 Å². The number of halogens is 1. The molecule has 0 spiro atoms. The Kier molecular flexibility index (Phi) is 4.01. The summed E-state index contributed by atoms with van der Waals surface area (Å²) in [5.41, 5.74) is 2.77. The molecule has 1 fully saturated rings. The molecule has 0 radical (unpaired) electrons. The van der Waals surface area contributed by atoms with E-state index in [2.05, 4.69) is 10.1 Å². The van der Waals surface area contributed by atoms with Gasteiger partial charge in [0.2, 0.25) is 17.6 Å². The van der Waals surface area contributed by atoms with Gasteiger partial charge in [0.25, 0.3) is 0 Å². The first kappa shape index (κ1) is 15.8. The summed E-state index contributed by atoms with van der Waals surface area (Å²) >= 11 is 6.18. The molecule has 1 atom stereocenters. The number of aromatic nitrogens is 2. The van der Waals surface area contributed by atoms with E-state index in [4.69, 9.17) is 16.1 Å². The Morgan fingerprint density at radius 1 is 1.16 bits per heavy atom. The molecule has 0 bridgehead atoms. The highest BCUT2D eigenvalue weighted by Gasteiger charge is 2.35. The molecule has 126 valence electrons. The van der Waals surface area contributed by atoms with Gasteiger partial charge in [0.05, 0.1) is 10.9 Å². The standard InChI is InChI=1S/C19H16ClN3O2/c1-12-6-8-14(9-7-12)23-11-13(10-17(23)24)19-21-18(22-25-19)15-4-2-3-5-16(15)20/h2-9,13H,10-11H2,1H3. The van der Waals surface area contributed by atoms with Gasteiger partial charge in [-0.25, -0.2) is 0 Å². The van der Waals surface area contributed by atoms with Gasteiger partial charge in [-0.3, -0.25) is 4.79 Å². The largest absolute Gasteiger partial charge is 0.339 e. The van der Waals surface area contributed by atoms with Crippen LogP contribution in [0.5, 0.6) is 0 Å². The van der Waals surface area contributed by atoms with E-state index in [1.807, 2.05) is 49.4 Å². The third kappa shape index (κ3) is 3.03. The number of carbonyl (C=O) groups is 1. The van der Waals surface area contributed by atoms with Crippen molar-refractivity contribution in [1.29, 1.82) is 0 Å². The van der Waals surface area contributed by atoms with Crippen molar-refractivity contribution >= 4 is 23.2 Å². The van der Waals surface area contributed by atoms with Crippen LogP contribution in [0.25, 0.3) is 11.4 Å². The normalized spacial score (nSPS) is 17.3. The number of carbonyl (C=O) groups excluding carboxylic acids is 1. The summed E-state index contributed by atoms with van der Waals surface area (Å²) in [6.07, 6.45) is 0.359. The lowest BCUT2D eigenvalue weighted by Gasteiger charge is -2.16. The van der Waals surface area contributed by atoms with Crippen molar-refractivity contribution in [3.05, 3.63) is 65.0 Å². The monoisotopic (exact) mass is 353 g/mol. The highest BCUT2D eigenvalue weighted by Crippen LogP contribution is 2.33. The number of amides is 1. The Labute approximate surface area is 150 Å². The molecule has 1 unspecified atom stereocenters. The molecule has 2 heterocycles. The quantitative estimate of drug-likeness (QED) is 0.707. The Hall–Kier alpha value is -2.66. The molecular formula is C19H16ClN3O2. The van der Waals surface area contributed by atoms with Crippen LogP contribution in [0.1, 0.15) is 23.8 Å². The van der Waals surface area contributed by atoms with Crippen LogP contribution >= 0.6 is 11.6 Å². The zero-order valence-corrected chi connectivity index (χ0v) is 14.4. The predicted molar refractivity (Wildman–Crippen MR) is 95.6 cm³/mol. The maximum absolute atomic E-state index is 12.4. The molecule has 0 aliphatic carbocycles. The molecule has 6 heteroatoms. The molecule has 4 rings (SSSR count). The third-order valence-corrected chi connectivity index (χ3v) is 4.71. The number of rotatable bonds is 3. The molecule has 2 aromatic carbocycles. The van der Waals surface area contributed by atoms with Gasteiger partial charge in [-0.1, -0.05) is 46.6 Å². The van der Waals surface area contributed by atoms with Gasteiger partial charge in [0.1, 0.15) is 0 Å². The first-order valence-corrected chi connectivity index (χ1v) is 8.45. The first-order chi connectivity index (χ1) is 12.1. The van der Waals surface area contributed by atoms with Crippen LogP contribution in [0.2, 0.25) is 5.02 Å². The molecule has 1 aromatic heterocycles. The smallest absolute Gasteiger partial charge is 0.232 e. The van der Waals surface area contributed by atoms with E-state index >= 15 is 0 Å². The van der Waals surface area contributed by atoms with Gasteiger partial charge in [-0.15, -0.1) is 0 Å². The fourth-order valence-electron chi connectivity index (χ4n) is 3.00. The van der Waals surface area contributed by atoms with Gasteiger partial charge in [0.15, 0.2) is 0 Å². The molecule has 5 nitrogen and oxygen atoms in total. The Balaban J connectivity index is 1.57. The van der Waals surface area contributed by atoms with Crippen molar-refractivity contribution in [2.24, 2.45) is 0 Å². The number of hydrogen-bond donors (Lipinski definition) is 0. The van der Waals surface area contributed by atoms with E-state index < -0.39 is 0 Å². The molecular weight excluding hydrogens is 338 g/mol. The van der Waals surface area contributed by atoms with Crippen molar-refractivity contribution in [3.63, 3.8) is 0 Å². The van der Waals surface area contributed by atoms with Gasteiger partial charge in [0, 0.05) is 24.2 Å². The maximum Gasteiger partial charge on any atom is 0.232 e. The van der Waals surface area contributed by atoms with Crippen molar-refractivity contribution in [1.82, 2.24) is 10.1 Å². The SMILES string of the molecule is Cc1ccc(N2CC(c3nc(-c4ccccc4Cl)no3)CC2=O)cc1. The number of nitrogens with zero attached hydrogens (tertiary/aromatic N) is 3. The minimum atomic E-state index is -0.113. The predicted octanol–water partition coefficient (Wildman–Crippen LogP) is 4.22. The second-order valence-electron chi connectivity index (χ2n) is 6.18. The highest BCUT2D eigenvalue weighted by molar-refractivity contribution is 6.33. The topological polar surface area (TPSA) is 59.2 Å². The molecule has 1 saturated heterocycles. The zero-order valence-electron chi connectivity index (χ0n) is 13.6. The fourth-order valence-corrected chi connectivity index (χ4v) is 3.22. The highest BCUT2D eigenvalue weighted by atomic mass is 35.5. The van der Waals surface area contributed by atoms with Crippen LogP contribution < -0.4 is 4.90 Å². The molecule has 0 saturated carbocycles. The van der Waals surface area contributed by atoms with Crippen molar-refractivity contribution in [3.8, 4) is 11.4 Å². The Bertz CT molecular complexity index is 920. The number of aryl methyl sites for hydroxylation is 1. The molecule has 25 heavy (non-hydrogen) atoms. The fraction of sp³-hybridized carbons (Fsp3) is 0.211. The van der Waals surface area contributed by atoms with Crippen LogP contribution in [-0.2, 0) is 4.79 Å². The minimum Gasteiger partial charge on any atom is -0.339 e. The summed E-state index contributed by atoms with van der Waals surface area (Å²) < 4.78 is 5.41. The summed E-state index contributed by atoms with van der Waals surface area (Å²) in [6.45, 7) is 2.55. The molecule has 0 N–H and O–H groups in total. The second kappa shape index (κ2) is 6.33. The van der Waals surface area contributed by atoms with Gasteiger partial charge in [-0.2, -0.15) is 4.98 Å². The maximum atomic E-state index is 12.4. The summed E-state index contributed by atoms with van der Waals surface area (Å²) in [7, 11) is 0. The lowest BCUT2D eigenvalue weighted by molar-refractivity contribution is -0.117. The van der Waals surface area contributed by atoms with E-state index in [0.29, 0.717) is 29.7 Å². The van der Waals surface area contributed by atoms with E-state index in [-0.39, 0.29) is 11.8 Å². The van der Waals surface area contributed by atoms with Crippen molar-refractivity contribution < 1.29 is 9.32 Å². The van der Waals surface area contributed by atoms with Crippen LogP contribution in [0.15, 0.2) is 53.1 Å². The molecule has 3 aromatic rings. The summed E-state index contributed by atoms with van der Waals surface area (Å²) in [4.78, 5) is 18.6. The van der Waals surface area contributed by atoms with E-state index in [1.165, 1.54) is 0 Å². The van der Waals surface area contributed by atoms with Crippen LogP contribution in [-0.4, -0.2) is 22.6 Å². The minimum absolute atomic E-state index is 0.0614. The lowest BCUT2D eigenvalue weighted by Crippen LogP contribution is -2.24. The molecule has 1 aliphatic rings. The summed E-state index contributed by atoms with van der Waals surface area (Å²) in [6, 6.07) is 15.3. The Morgan fingerprint density at radius 3 is 2.68 bits per heavy atom. The first-order valence-electron chi connectivity index (χ1n) is 8.07. The molecule has 1 amide bonds. The summed E-state index contributed by atoms with van der Waals surface area (Å²) in [5, 5.41) is 4.59. The lowest BCUT2D eigenvalue weighted by atomic mass is 10.1. The third-order valence-electron chi connectivity index (χ3n) is 4.38. The number of anilines is 1. The number of benzene rings is 2. The average molecular weight is 354 g/mol. The number of hydrogen-bond acceptors (Lipinski definition) is 4. The van der Waals surface area contributed by atoms with Gasteiger partial charge >= 0.3 is 0 Å². The second-order valence-corrected chi connectivity index (χ2v) is 6.58. The molecule has 1 aliphatic heterocycles. The van der Waals surface area contributed by atoms with Crippen molar-refractivity contribution in [2.45, 2.75) is 19.3 Å². The van der Waals surface area contributed by atoms with Crippen LogP contribution in [0, 0.1) is 6.92 Å². The summed E-state index contributed by atoms with van der Waals surface area (Å²) in [5.74, 6) is 0.864. The van der Waals surface area contributed by atoms with E-state index in [1.54, 1.807) is 11.0 Å². The van der Waals surface area contributed by atoms with Crippen LogP contribution in [0.4, 0.5) is 5.69 Å². The van der Waals surface area contributed by atoms with Gasteiger partial charge in [-0.05, 0) is 31.2 Å².